The number of rotatable bonds is 5. The van der Waals surface area contributed by atoms with Crippen molar-refractivity contribution in [1.82, 2.24) is 14.5 Å². The number of nitrogens with one attached hydrogen (secondary N) is 1. The molecule has 33 heavy (non-hydrogen) atoms. The van der Waals surface area contributed by atoms with Crippen LogP contribution in [0.4, 0.5) is 5.82 Å². The number of nitrogens with zero attached hydrogens (tertiary/aromatic N) is 3. The lowest BCUT2D eigenvalue weighted by molar-refractivity contribution is -0.129. The predicted octanol–water partition coefficient (Wildman–Crippen LogP) is 5.35. The normalized spacial score (nSPS) is 17.1. The van der Waals surface area contributed by atoms with Gasteiger partial charge in [-0.15, -0.1) is 0 Å². The van der Waals surface area contributed by atoms with Gasteiger partial charge in [0.25, 0.3) is 5.91 Å². The molecule has 4 heterocycles. The summed E-state index contributed by atoms with van der Waals surface area (Å²) in [6.45, 7) is 7.26. The summed E-state index contributed by atoms with van der Waals surface area (Å²) >= 11 is 12.7. The van der Waals surface area contributed by atoms with E-state index in [9.17, 15) is 4.79 Å². The minimum Gasteiger partial charge on any atom is -0.380 e. The smallest absolute Gasteiger partial charge is 0.270 e. The maximum atomic E-state index is 13.7. The van der Waals surface area contributed by atoms with Gasteiger partial charge in [0.15, 0.2) is 0 Å². The number of ether oxygens (including phenoxy) is 1. The first-order valence-electron chi connectivity index (χ1n) is 11.1. The number of benzene rings is 1. The molecule has 0 bridgehead atoms. The summed E-state index contributed by atoms with van der Waals surface area (Å²) < 4.78 is 7.65. The fourth-order valence-electron chi connectivity index (χ4n) is 4.61. The zero-order valence-electron chi connectivity index (χ0n) is 18.6. The third kappa shape index (κ3) is 4.47. The number of halogens is 2. The molecule has 6 nitrogen and oxygen atoms in total. The highest BCUT2D eigenvalue weighted by Crippen LogP contribution is 2.38. The average Bonchev–Trinajstić information content (AvgIpc) is 3.10. The van der Waals surface area contributed by atoms with Gasteiger partial charge in [0, 0.05) is 54.2 Å². The van der Waals surface area contributed by atoms with Crippen LogP contribution in [0.3, 0.4) is 0 Å². The summed E-state index contributed by atoms with van der Waals surface area (Å²) in [6.07, 6.45) is 3.68. The topological polar surface area (TPSA) is 59.4 Å². The molecule has 2 aliphatic heterocycles. The highest BCUT2D eigenvalue weighted by atomic mass is 35.5. The summed E-state index contributed by atoms with van der Waals surface area (Å²) in [5.74, 6) is 0.749. The van der Waals surface area contributed by atoms with E-state index in [1.807, 2.05) is 47.5 Å². The Balaban J connectivity index is 1.52. The number of fused-ring (bicyclic) bond motifs is 1. The van der Waals surface area contributed by atoms with Crippen molar-refractivity contribution in [2.75, 3.05) is 25.1 Å². The van der Waals surface area contributed by atoms with Gasteiger partial charge >= 0.3 is 0 Å². The molecule has 1 fully saturated rings. The second kappa shape index (κ2) is 8.67. The van der Waals surface area contributed by atoms with Gasteiger partial charge in [-0.2, -0.15) is 0 Å². The predicted molar refractivity (Wildman–Crippen MR) is 131 cm³/mol. The molecular formula is C25H26Cl2N4O2. The van der Waals surface area contributed by atoms with Gasteiger partial charge in [0.05, 0.1) is 23.7 Å². The lowest BCUT2D eigenvalue weighted by Crippen LogP contribution is -2.52. The molecule has 1 saturated heterocycles. The first kappa shape index (κ1) is 22.3. The third-order valence-electron chi connectivity index (χ3n) is 6.12. The number of anilines is 1. The van der Waals surface area contributed by atoms with Crippen molar-refractivity contribution in [2.24, 2.45) is 5.41 Å². The fourth-order valence-corrected chi connectivity index (χ4v) is 5.03. The SMILES string of the molecule is CC(C)Nc1cc(-c2cc3n(c2)CC2(COC2)CN(Cc2cccc(Cl)c2)C3=O)c(Cl)cn1. The van der Waals surface area contributed by atoms with E-state index in [0.29, 0.717) is 42.0 Å². The molecular weight excluding hydrogens is 459 g/mol. The maximum Gasteiger partial charge on any atom is 0.270 e. The van der Waals surface area contributed by atoms with E-state index in [0.717, 1.165) is 29.1 Å². The van der Waals surface area contributed by atoms with Crippen molar-refractivity contribution >= 4 is 34.9 Å². The quantitative estimate of drug-likeness (QED) is 0.530. The molecule has 1 spiro atoms. The van der Waals surface area contributed by atoms with Gasteiger partial charge in [-0.25, -0.2) is 4.98 Å². The van der Waals surface area contributed by atoms with Gasteiger partial charge in [-0.3, -0.25) is 4.79 Å². The van der Waals surface area contributed by atoms with Gasteiger partial charge < -0.3 is 19.5 Å². The first-order chi connectivity index (χ1) is 15.8. The van der Waals surface area contributed by atoms with Crippen LogP contribution in [0, 0.1) is 5.41 Å². The Labute approximate surface area is 203 Å². The minimum atomic E-state index is -0.0951. The molecule has 8 heteroatoms. The molecule has 0 aliphatic carbocycles. The van der Waals surface area contributed by atoms with Crippen molar-refractivity contribution < 1.29 is 9.53 Å². The Morgan fingerprint density at radius 1 is 1.18 bits per heavy atom. The number of hydrogen-bond acceptors (Lipinski definition) is 4. The molecule has 0 saturated carbocycles. The van der Waals surface area contributed by atoms with Gasteiger partial charge in [0.1, 0.15) is 11.5 Å². The molecule has 0 radical (unpaired) electrons. The Morgan fingerprint density at radius 3 is 2.70 bits per heavy atom. The number of aromatic nitrogens is 2. The first-order valence-corrected chi connectivity index (χ1v) is 11.8. The van der Waals surface area contributed by atoms with E-state index in [1.165, 1.54) is 0 Å². The summed E-state index contributed by atoms with van der Waals surface area (Å²) in [6, 6.07) is 11.8. The van der Waals surface area contributed by atoms with Crippen molar-refractivity contribution in [3.8, 4) is 11.1 Å². The van der Waals surface area contributed by atoms with Crippen LogP contribution in [0.1, 0.15) is 29.9 Å². The summed E-state index contributed by atoms with van der Waals surface area (Å²) in [4.78, 5) is 20.0. The lowest BCUT2D eigenvalue weighted by Gasteiger charge is -2.43. The summed E-state index contributed by atoms with van der Waals surface area (Å²) in [7, 11) is 0. The van der Waals surface area contributed by atoms with Crippen LogP contribution in [0.5, 0.6) is 0 Å². The van der Waals surface area contributed by atoms with E-state index in [1.54, 1.807) is 6.20 Å². The Bertz CT molecular complexity index is 1200. The fraction of sp³-hybridized carbons (Fsp3) is 0.360. The standard InChI is InChI=1S/C25H26Cl2N4O2/c1-16(2)29-23-8-20(21(27)9-28-23)18-7-22-24(32)31(10-17-4-3-5-19(26)6-17)13-25(14-33-15-25)12-30(22)11-18/h3-9,11,16H,10,12-15H2,1-2H3,(H,28,29). The maximum absolute atomic E-state index is 13.7. The number of carbonyl (C=O) groups excluding carboxylic acids is 1. The van der Waals surface area contributed by atoms with Crippen molar-refractivity contribution in [2.45, 2.75) is 33.0 Å². The molecule has 0 atom stereocenters. The molecule has 1 amide bonds. The number of amides is 1. The molecule has 2 aliphatic rings. The third-order valence-corrected chi connectivity index (χ3v) is 6.65. The highest BCUT2D eigenvalue weighted by molar-refractivity contribution is 6.33. The Hall–Kier alpha value is -2.54. The Kier molecular flexibility index (Phi) is 5.85. The zero-order chi connectivity index (χ0) is 23.2. The average molecular weight is 485 g/mol. The Morgan fingerprint density at radius 2 is 2.00 bits per heavy atom. The van der Waals surface area contributed by atoms with Crippen molar-refractivity contribution in [3.05, 3.63) is 70.1 Å². The van der Waals surface area contributed by atoms with Gasteiger partial charge in [-0.1, -0.05) is 35.3 Å². The monoisotopic (exact) mass is 484 g/mol. The molecule has 1 N–H and O–H groups in total. The number of pyridine rings is 1. The largest absolute Gasteiger partial charge is 0.380 e. The number of carbonyl (C=O) groups is 1. The lowest BCUT2D eigenvalue weighted by atomic mass is 9.85. The van der Waals surface area contributed by atoms with Crippen LogP contribution in [-0.2, 0) is 17.8 Å². The molecule has 2 aromatic heterocycles. The van der Waals surface area contributed by atoms with Crippen LogP contribution >= 0.6 is 23.2 Å². The summed E-state index contributed by atoms with van der Waals surface area (Å²) in [5, 5.41) is 4.53. The van der Waals surface area contributed by atoms with Crippen LogP contribution in [-0.4, -0.2) is 46.2 Å². The highest BCUT2D eigenvalue weighted by Gasteiger charge is 2.44. The summed E-state index contributed by atoms with van der Waals surface area (Å²) in [5.41, 5.74) is 3.32. The molecule has 0 unspecified atom stereocenters. The minimum absolute atomic E-state index is 0.00397. The van der Waals surface area contributed by atoms with Crippen molar-refractivity contribution in [1.29, 1.82) is 0 Å². The van der Waals surface area contributed by atoms with E-state index in [-0.39, 0.29) is 17.4 Å². The zero-order valence-corrected chi connectivity index (χ0v) is 20.2. The second-order valence-electron chi connectivity index (χ2n) is 9.37. The van der Waals surface area contributed by atoms with Crippen LogP contribution in [0.2, 0.25) is 10.0 Å². The van der Waals surface area contributed by atoms with Crippen LogP contribution in [0.15, 0.2) is 48.8 Å². The van der Waals surface area contributed by atoms with E-state index in [2.05, 4.69) is 28.7 Å². The molecule has 5 rings (SSSR count). The second-order valence-corrected chi connectivity index (χ2v) is 10.2. The molecule has 1 aromatic carbocycles. The van der Waals surface area contributed by atoms with E-state index in [4.69, 9.17) is 27.9 Å². The van der Waals surface area contributed by atoms with Crippen LogP contribution < -0.4 is 5.32 Å². The number of hydrogen-bond donors (Lipinski definition) is 1. The van der Waals surface area contributed by atoms with Crippen LogP contribution in [0.25, 0.3) is 11.1 Å². The van der Waals surface area contributed by atoms with E-state index < -0.39 is 0 Å². The molecule has 3 aromatic rings. The van der Waals surface area contributed by atoms with Crippen molar-refractivity contribution in [3.63, 3.8) is 0 Å². The van der Waals surface area contributed by atoms with Gasteiger partial charge in [-0.05, 0) is 43.7 Å². The van der Waals surface area contributed by atoms with E-state index >= 15 is 0 Å². The molecule has 172 valence electrons. The van der Waals surface area contributed by atoms with Gasteiger partial charge in [0.2, 0.25) is 0 Å².